The first-order chi connectivity index (χ1) is 9.92. The standard InChI is InChI=1S/C15H19NO5/c1-4-10(3)14(17)13(15(18)21-5-2)11-6-8-12(9-7-11)16(19)20/h6-10,13H,4-5H2,1-3H3. The summed E-state index contributed by atoms with van der Waals surface area (Å²) in [6.45, 7) is 5.45. The number of hydrogen-bond acceptors (Lipinski definition) is 5. The van der Waals surface area contributed by atoms with Crippen molar-refractivity contribution < 1.29 is 19.2 Å². The van der Waals surface area contributed by atoms with Gasteiger partial charge in [-0.25, -0.2) is 0 Å². The number of hydrogen-bond donors (Lipinski definition) is 0. The van der Waals surface area contributed by atoms with Crippen LogP contribution in [0.2, 0.25) is 0 Å². The van der Waals surface area contributed by atoms with Gasteiger partial charge in [-0.1, -0.05) is 26.0 Å². The van der Waals surface area contributed by atoms with Gasteiger partial charge in [0.2, 0.25) is 0 Å². The molecule has 6 heteroatoms. The van der Waals surface area contributed by atoms with Crippen molar-refractivity contribution in [3.05, 3.63) is 39.9 Å². The van der Waals surface area contributed by atoms with Gasteiger partial charge in [0.15, 0.2) is 5.78 Å². The molecule has 0 fully saturated rings. The van der Waals surface area contributed by atoms with E-state index in [0.29, 0.717) is 12.0 Å². The lowest BCUT2D eigenvalue weighted by Crippen LogP contribution is -2.28. The zero-order valence-electron chi connectivity index (χ0n) is 12.4. The number of nitrogens with zero attached hydrogens (tertiary/aromatic N) is 1. The Hall–Kier alpha value is -2.24. The maximum atomic E-state index is 12.4. The molecule has 0 aliphatic rings. The van der Waals surface area contributed by atoms with Gasteiger partial charge in [0.05, 0.1) is 11.5 Å². The van der Waals surface area contributed by atoms with Gasteiger partial charge in [0, 0.05) is 18.1 Å². The number of carbonyl (C=O) groups is 2. The Labute approximate surface area is 123 Å². The summed E-state index contributed by atoms with van der Waals surface area (Å²) in [6, 6.07) is 5.43. The number of rotatable bonds is 7. The molecule has 0 heterocycles. The molecular formula is C15H19NO5. The van der Waals surface area contributed by atoms with Crippen LogP contribution in [0.1, 0.15) is 38.7 Å². The van der Waals surface area contributed by atoms with E-state index in [4.69, 9.17) is 4.74 Å². The van der Waals surface area contributed by atoms with Crippen LogP contribution in [-0.2, 0) is 14.3 Å². The molecule has 0 aliphatic heterocycles. The van der Waals surface area contributed by atoms with E-state index in [1.807, 2.05) is 6.92 Å². The van der Waals surface area contributed by atoms with Crippen LogP contribution in [0.5, 0.6) is 0 Å². The Morgan fingerprint density at radius 1 is 1.24 bits per heavy atom. The molecule has 0 bridgehead atoms. The summed E-state index contributed by atoms with van der Waals surface area (Å²) in [5, 5.41) is 10.7. The monoisotopic (exact) mass is 293 g/mol. The number of ether oxygens (including phenoxy) is 1. The number of ketones is 1. The summed E-state index contributed by atoms with van der Waals surface area (Å²) in [7, 11) is 0. The van der Waals surface area contributed by atoms with E-state index in [2.05, 4.69) is 0 Å². The minimum absolute atomic E-state index is 0.0858. The summed E-state index contributed by atoms with van der Waals surface area (Å²) in [5.74, 6) is -2.16. The highest BCUT2D eigenvalue weighted by atomic mass is 16.6. The summed E-state index contributed by atoms with van der Waals surface area (Å²) >= 11 is 0. The number of carbonyl (C=O) groups excluding carboxylic acids is 2. The van der Waals surface area contributed by atoms with Crippen LogP contribution >= 0.6 is 0 Å². The van der Waals surface area contributed by atoms with Crippen LogP contribution in [0.15, 0.2) is 24.3 Å². The second kappa shape index (κ2) is 7.52. The molecule has 0 aromatic heterocycles. The predicted molar refractivity (Wildman–Crippen MR) is 76.9 cm³/mol. The molecule has 2 unspecified atom stereocenters. The maximum absolute atomic E-state index is 12.4. The molecule has 2 atom stereocenters. The van der Waals surface area contributed by atoms with Crippen molar-refractivity contribution in [1.82, 2.24) is 0 Å². The van der Waals surface area contributed by atoms with Crippen molar-refractivity contribution in [3.8, 4) is 0 Å². The second-order valence-corrected chi connectivity index (χ2v) is 4.75. The zero-order valence-corrected chi connectivity index (χ0v) is 12.4. The Morgan fingerprint density at radius 2 is 1.81 bits per heavy atom. The minimum atomic E-state index is -1.03. The molecule has 21 heavy (non-hydrogen) atoms. The summed E-state index contributed by atoms with van der Waals surface area (Å²) in [5.41, 5.74) is 0.335. The van der Waals surface area contributed by atoms with Crippen molar-refractivity contribution in [2.75, 3.05) is 6.61 Å². The van der Waals surface area contributed by atoms with Crippen molar-refractivity contribution in [2.45, 2.75) is 33.1 Å². The van der Waals surface area contributed by atoms with Crippen LogP contribution in [0.25, 0.3) is 0 Å². The van der Waals surface area contributed by atoms with Crippen LogP contribution in [-0.4, -0.2) is 23.3 Å². The Balaban J connectivity index is 3.14. The average molecular weight is 293 g/mol. The fraction of sp³-hybridized carbons (Fsp3) is 0.467. The molecule has 1 aromatic rings. The van der Waals surface area contributed by atoms with Gasteiger partial charge in [0.25, 0.3) is 5.69 Å². The Kier molecular flexibility index (Phi) is 6.02. The van der Waals surface area contributed by atoms with Crippen LogP contribution < -0.4 is 0 Å². The number of nitro groups is 1. The predicted octanol–water partition coefficient (Wildman–Crippen LogP) is 2.86. The van der Waals surface area contributed by atoms with E-state index in [-0.39, 0.29) is 24.0 Å². The third kappa shape index (κ3) is 4.11. The quantitative estimate of drug-likeness (QED) is 0.334. The molecule has 0 radical (unpaired) electrons. The smallest absolute Gasteiger partial charge is 0.321 e. The SMILES string of the molecule is CCOC(=O)C(C(=O)C(C)CC)c1ccc([N+](=O)[O-])cc1. The molecule has 1 rings (SSSR count). The highest BCUT2D eigenvalue weighted by Gasteiger charge is 2.32. The molecule has 0 spiro atoms. The fourth-order valence-electron chi connectivity index (χ4n) is 1.92. The lowest BCUT2D eigenvalue weighted by atomic mass is 9.87. The molecule has 0 saturated heterocycles. The first-order valence-corrected chi connectivity index (χ1v) is 6.87. The average Bonchev–Trinajstić information content (AvgIpc) is 2.47. The molecule has 0 N–H and O–H groups in total. The van der Waals surface area contributed by atoms with Gasteiger partial charge in [-0.3, -0.25) is 19.7 Å². The molecule has 1 aromatic carbocycles. The van der Waals surface area contributed by atoms with Gasteiger partial charge in [-0.2, -0.15) is 0 Å². The first kappa shape index (κ1) is 16.8. The lowest BCUT2D eigenvalue weighted by molar-refractivity contribution is -0.384. The van der Waals surface area contributed by atoms with E-state index in [1.165, 1.54) is 24.3 Å². The van der Waals surface area contributed by atoms with Crippen LogP contribution in [0, 0.1) is 16.0 Å². The van der Waals surface area contributed by atoms with E-state index < -0.39 is 16.8 Å². The number of non-ortho nitro benzene ring substituents is 1. The van der Waals surface area contributed by atoms with Crippen molar-refractivity contribution in [2.24, 2.45) is 5.92 Å². The van der Waals surface area contributed by atoms with Crippen molar-refractivity contribution in [3.63, 3.8) is 0 Å². The lowest BCUT2D eigenvalue weighted by Gasteiger charge is -2.18. The van der Waals surface area contributed by atoms with Gasteiger partial charge in [0.1, 0.15) is 5.92 Å². The van der Waals surface area contributed by atoms with E-state index in [9.17, 15) is 19.7 Å². The normalized spacial score (nSPS) is 13.3. The summed E-state index contributed by atoms with van der Waals surface area (Å²) in [4.78, 5) is 34.5. The topological polar surface area (TPSA) is 86.5 Å². The summed E-state index contributed by atoms with van der Waals surface area (Å²) < 4.78 is 4.96. The number of esters is 1. The highest BCUT2D eigenvalue weighted by molar-refractivity contribution is 6.05. The van der Waals surface area contributed by atoms with Crippen molar-refractivity contribution in [1.29, 1.82) is 0 Å². The van der Waals surface area contributed by atoms with Gasteiger partial charge >= 0.3 is 5.97 Å². The molecule has 6 nitrogen and oxygen atoms in total. The van der Waals surface area contributed by atoms with Crippen LogP contribution in [0.3, 0.4) is 0 Å². The largest absolute Gasteiger partial charge is 0.465 e. The van der Waals surface area contributed by atoms with Crippen LogP contribution in [0.4, 0.5) is 5.69 Å². The molecule has 0 saturated carbocycles. The number of Topliss-reactive ketones (excluding diaryl/α,β-unsaturated/α-hetero) is 1. The highest BCUT2D eigenvalue weighted by Crippen LogP contribution is 2.25. The summed E-state index contributed by atoms with van der Waals surface area (Å²) in [6.07, 6.45) is 0.613. The minimum Gasteiger partial charge on any atom is -0.465 e. The molecule has 0 aliphatic carbocycles. The van der Waals surface area contributed by atoms with Gasteiger partial charge in [-0.15, -0.1) is 0 Å². The van der Waals surface area contributed by atoms with Gasteiger partial charge < -0.3 is 4.74 Å². The van der Waals surface area contributed by atoms with E-state index >= 15 is 0 Å². The third-order valence-corrected chi connectivity index (χ3v) is 3.34. The van der Waals surface area contributed by atoms with Crippen molar-refractivity contribution >= 4 is 17.4 Å². The number of benzene rings is 1. The zero-order chi connectivity index (χ0) is 16.0. The molecule has 114 valence electrons. The third-order valence-electron chi connectivity index (χ3n) is 3.34. The molecule has 0 amide bonds. The van der Waals surface area contributed by atoms with Gasteiger partial charge in [-0.05, 0) is 18.9 Å². The number of nitro benzene ring substituents is 1. The first-order valence-electron chi connectivity index (χ1n) is 6.87. The molecular weight excluding hydrogens is 274 g/mol. The van der Waals surface area contributed by atoms with E-state index in [1.54, 1.807) is 13.8 Å². The Morgan fingerprint density at radius 3 is 2.24 bits per heavy atom. The van der Waals surface area contributed by atoms with E-state index in [0.717, 1.165) is 0 Å². The second-order valence-electron chi connectivity index (χ2n) is 4.75. The Bertz CT molecular complexity index is 523. The fourth-order valence-corrected chi connectivity index (χ4v) is 1.92. The maximum Gasteiger partial charge on any atom is 0.321 e.